The number of carboxylic acids is 1. The first kappa shape index (κ1) is 10.1. The average Bonchev–Trinajstić information content (AvgIpc) is 2.69. The number of nitrogens with zero attached hydrogens (tertiary/aromatic N) is 1. The van der Waals surface area contributed by atoms with Gasteiger partial charge in [-0.05, 0) is 36.4 Å². The number of aromatic hydroxyl groups is 1. The van der Waals surface area contributed by atoms with Crippen LogP contribution in [0.1, 0.15) is 10.5 Å². The van der Waals surface area contributed by atoms with Crippen molar-refractivity contribution in [1.82, 2.24) is 4.68 Å². The lowest BCUT2D eigenvalue weighted by Gasteiger charge is -2.09. The number of hydrogen-bond donors (Lipinski definition) is 3. The number of benzene rings is 1. The second-order valence-corrected chi connectivity index (χ2v) is 3.23. The molecule has 5 heteroatoms. The highest BCUT2D eigenvalue weighted by Crippen LogP contribution is 2.14. The lowest BCUT2D eigenvalue weighted by Crippen LogP contribution is -2.14. The van der Waals surface area contributed by atoms with Gasteiger partial charge in [0.25, 0.3) is 0 Å². The van der Waals surface area contributed by atoms with E-state index < -0.39 is 5.97 Å². The third kappa shape index (κ3) is 1.98. The van der Waals surface area contributed by atoms with Gasteiger partial charge in [-0.3, -0.25) is 10.1 Å². The molecule has 2 aromatic rings. The molecule has 0 bridgehead atoms. The molecule has 0 aliphatic rings. The number of aromatic carboxylic acids is 1. The summed E-state index contributed by atoms with van der Waals surface area (Å²) in [5.41, 5.74) is 3.72. The molecule has 0 spiro atoms. The fourth-order valence-electron chi connectivity index (χ4n) is 1.33. The van der Waals surface area contributed by atoms with Gasteiger partial charge in [-0.2, -0.15) is 0 Å². The van der Waals surface area contributed by atoms with Gasteiger partial charge in [-0.15, -0.1) is 0 Å². The van der Waals surface area contributed by atoms with Crippen LogP contribution in [-0.4, -0.2) is 20.9 Å². The highest BCUT2D eigenvalue weighted by atomic mass is 16.4. The summed E-state index contributed by atoms with van der Waals surface area (Å²) in [6.45, 7) is 0. The van der Waals surface area contributed by atoms with Crippen LogP contribution in [0.4, 0.5) is 5.69 Å². The van der Waals surface area contributed by atoms with Gasteiger partial charge in [-0.1, -0.05) is 0 Å². The Hall–Kier alpha value is -2.43. The Morgan fingerprint density at radius 2 is 1.88 bits per heavy atom. The number of carbonyl (C=O) groups is 1. The van der Waals surface area contributed by atoms with E-state index in [0.29, 0.717) is 5.69 Å². The molecule has 0 saturated heterocycles. The minimum Gasteiger partial charge on any atom is -0.508 e. The average molecular weight is 218 g/mol. The Kier molecular flexibility index (Phi) is 2.51. The maximum absolute atomic E-state index is 10.8. The van der Waals surface area contributed by atoms with E-state index in [4.69, 9.17) is 10.2 Å². The van der Waals surface area contributed by atoms with Crippen molar-refractivity contribution in [2.45, 2.75) is 0 Å². The van der Waals surface area contributed by atoms with Gasteiger partial charge >= 0.3 is 5.97 Å². The number of nitrogens with one attached hydrogen (secondary N) is 1. The SMILES string of the molecule is O=C(O)c1cccn1Nc1ccc(O)cc1. The van der Waals surface area contributed by atoms with E-state index in [0.717, 1.165) is 0 Å². The van der Waals surface area contributed by atoms with Crippen molar-refractivity contribution in [3.05, 3.63) is 48.3 Å². The van der Waals surface area contributed by atoms with Crippen molar-refractivity contribution >= 4 is 11.7 Å². The zero-order valence-electron chi connectivity index (χ0n) is 8.29. The van der Waals surface area contributed by atoms with Crippen LogP contribution in [0.2, 0.25) is 0 Å². The molecule has 1 aromatic heterocycles. The van der Waals surface area contributed by atoms with Crippen LogP contribution in [-0.2, 0) is 0 Å². The van der Waals surface area contributed by atoms with Crippen molar-refractivity contribution in [3.8, 4) is 5.75 Å². The van der Waals surface area contributed by atoms with Crippen LogP contribution in [0.5, 0.6) is 5.75 Å². The van der Waals surface area contributed by atoms with Crippen molar-refractivity contribution in [2.75, 3.05) is 5.43 Å². The van der Waals surface area contributed by atoms with Crippen LogP contribution in [0.15, 0.2) is 42.6 Å². The molecule has 82 valence electrons. The minimum atomic E-state index is -1.00. The summed E-state index contributed by atoms with van der Waals surface area (Å²) in [5, 5.41) is 18.0. The number of carboxylic acid groups (broad SMARTS) is 1. The molecule has 0 fully saturated rings. The van der Waals surface area contributed by atoms with Gasteiger partial charge in [0.05, 0.1) is 5.69 Å². The molecular formula is C11H10N2O3. The van der Waals surface area contributed by atoms with E-state index >= 15 is 0 Å². The van der Waals surface area contributed by atoms with Crippen LogP contribution in [0.25, 0.3) is 0 Å². The van der Waals surface area contributed by atoms with Gasteiger partial charge in [-0.25, -0.2) is 4.79 Å². The molecule has 0 amide bonds. The van der Waals surface area contributed by atoms with Crippen LogP contribution < -0.4 is 5.43 Å². The monoisotopic (exact) mass is 218 g/mol. The molecule has 1 aromatic carbocycles. The Morgan fingerprint density at radius 3 is 2.50 bits per heavy atom. The number of rotatable bonds is 3. The largest absolute Gasteiger partial charge is 0.508 e. The summed E-state index contributed by atoms with van der Waals surface area (Å²) < 4.78 is 1.40. The predicted molar refractivity (Wildman–Crippen MR) is 58.5 cm³/mol. The number of phenolic OH excluding ortho intramolecular Hbond substituents is 1. The summed E-state index contributed by atoms with van der Waals surface area (Å²) in [7, 11) is 0. The van der Waals surface area contributed by atoms with Crippen molar-refractivity contribution in [3.63, 3.8) is 0 Å². The van der Waals surface area contributed by atoms with Crippen LogP contribution in [0, 0.1) is 0 Å². The predicted octanol–water partition coefficient (Wildman–Crippen LogP) is 1.77. The topological polar surface area (TPSA) is 74.5 Å². The van der Waals surface area contributed by atoms with Crippen molar-refractivity contribution < 1.29 is 15.0 Å². The molecular weight excluding hydrogens is 208 g/mol. The molecule has 0 atom stereocenters. The molecule has 3 N–H and O–H groups in total. The Morgan fingerprint density at radius 1 is 1.19 bits per heavy atom. The summed E-state index contributed by atoms with van der Waals surface area (Å²) in [4.78, 5) is 10.8. The zero-order valence-corrected chi connectivity index (χ0v) is 8.29. The van der Waals surface area contributed by atoms with Gasteiger partial charge < -0.3 is 10.2 Å². The second kappa shape index (κ2) is 3.98. The third-order valence-corrected chi connectivity index (χ3v) is 2.08. The van der Waals surface area contributed by atoms with Gasteiger partial charge in [0, 0.05) is 6.20 Å². The molecule has 0 aliphatic carbocycles. The Balaban J connectivity index is 2.23. The minimum absolute atomic E-state index is 0.146. The van der Waals surface area contributed by atoms with E-state index in [-0.39, 0.29) is 11.4 Å². The molecule has 0 saturated carbocycles. The summed E-state index contributed by atoms with van der Waals surface area (Å²) >= 11 is 0. The quantitative estimate of drug-likeness (QED) is 0.686. The fourth-order valence-corrected chi connectivity index (χ4v) is 1.33. The maximum atomic E-state index is 10.8. The number of hydrogen-bond acceptors (Lipinski definition) is 3. The summed E-state index contributed by atoms with van der Waals surface area (Å²) in [6.07, 6.45) is 1.61. The third-order valence-electron chi connectivity index (χ3n) is 2.08. The molecule has 0 unspecified atom stereocenters. The van der Waals surface area contributed by atoms with E-state index in [2.05, 4.69) is 5.43 Å². The summed E-state index contributed by atoms with van der Waals surface area (Å²) in [5.74, 6) is -0.840. The van der Waals surface area contributed by atoms with Crippen molar-refractivity contribution in [2.24, 2.45) is 0 Å². The van der Waals surface area contributed by atoms with Gasteiger partial charge in [0.2, 0.25) is 0 Å². The first-order valence-corrected chi connectivity index (χ1v) is 4.63. The molecule has 16 heavy (non-hydrogen) atoms. The fraction of sp³-hybridized carbons (Fsp3) is 0. The van der Waals surface area contributed by atoms with E-state index in [1.807, 2.05) is 0 Å². The lowest BCUT2D eigenvalue weighted by molar-refractivity contribution is 0.0687. The highest BCUT2D eigenvalue weighted by Gasteiger charge is 2.08. The molecule has 0 aliphatic heterocycles. The van der Waals surface area contributed by atoms with Gasteiger partial charge in [0.15, 0.2) is 0 Å². The molecule has 5 nitrogen and oxygen atoms in total. The smallest absolute Gasteiger partial charge is 0.354 e. The van der Waals surface area contributed by atoms with E-state index in [1.54, 1.807) is 24.4 Å². The first-order valence-electron chi connectivity index (χ1n) is 4.63. The van der Waals surface area contributed by atoms with Crippen LogP contribution in [0.3, 0.4) is 0 Å². The maximum Gasteiger partial charge on any atom is 0.354 e. The molecule has 2 rings (SSSR count). The Labute approximate surface area is 91.5 Å². The van der Waals surface area contributed by atoms with E-state index in [9.17, 15) is 4.79 Å². The first-order chi connectivity index (χ1) is 7.66. The number of phenols is 1. The van der Waals surface area contributed by atoms with Crippen molar-refractivity contribution in [1.29, 1.82) is 0 Å². The zero-order chi connectivity index (χ0) is 11.5. The second-order valence-electron chi connectivity index (χ2n) is 3.23. The molecule has 1 heterocycles. The highest BCUT2D eigenvalue weighted by molar-refractivity contribution is 5.86. The number of aromatic nitrogens is 1. The number of anilines is 1. The Bertz CT molecular complexity index is 502. The van der Waals surface area contributed by atoms with Gasteiger partial charge in [0.1, 0.15) is 11.4 Å². The summed E-state index contributed by atoms with van der Waals surface area (Å²) in [6, 6.07) is 9.48. The van der Waals surface area contributed by atoms with E-state index in [1.165, 1.54) is 22.9 Å². The normalized spacial score (nSPS) is 10.0. The van der Waals surface area contributed by atoms with Crippen LogP contribution >= 0.6 is 0 Å². The lowest BCUT2D eigenvalue weighted by atomic mass is 10.3. The standard InChI is InChI=1S/C11H10N2O3/c14-9-5-3-8(4-6-9)12-13-7-1-2-10(13)11(15)16/h1-7,12,14H,(H,15,16). The molecule has 0 radical (unpaired) electrons.